The van der Waals surface area contributed by atoms with Gasteiger partial charge in [-0.1, -0.05) is 23.7 Å². The quantitative estimate of drug-likeness (QED) is 0.833. The predicted molar refractivity (Wildman–Crippen MR) is 50.4 cm³/mol. The molecule has 2 nitrogen and oxygen atoms in total. The molecule has 1 unspecified atom stereocenters. The van der Waals surface area contributed by atoms with E-state index in [-0.39, 0.29) is 6.61 Å². The fourth-order valence-corrected chi connectivity index (χ4v) is 1.27. The highest BCUT2D eigenvalue weighted by Crippen LogP contribution is 2.21. The van der Waals surface area contributed by atoms with Gasteiger partial charge in [-0.3, -0.25) is 4.18 Å². The Hall–Kier alpha value is -0.590. The van der Waals surface area contributed by atoms with Crippen LogP contribution in [-0.4, -0.2) is 9.72 Å². The van der Waals surface area contributed by atoms with Gasteiger partial charge in [-0.2, -0.15) is 13.2 Å². The summed E-state index contributed by atoms with van der Waals surface area (Å²) in [6, 6.07) is 6.01. The van der Waals surface area contributed by atoms with Gasteiger partial charge in [-0.05, 0) is 17.7 Å². The minimum atomic E-state index is -4.84. The van der Waals surface area contributed by atoms with Gasteiger partial charge in [-0.25, -0.2) is 4.21 Å². The van der Waals surface area contributed by atoms with Gasteiger partial charge in [0.25, 0.3) is 11.1 Å². The first-order valence-corrected chi connectivity index (χ1v) is 5.21. The van der Waals surface area contributed by atoms with Crippen LogP contribution in [0.3, 0.4) is 0 Å². The average molecular weight is 259 g/mol. The van der Waals surface area contributed by atoms with Crippen LogP contribution >= 0.6 is 11.6 Å². The number of alkyl halides is 3. The van der Waals surface area contributed by atoms with Gasteiger partial charge >= 0.3 is 5.51 Å². The highest BCUT2D eigenvalue weighted by Gasteiger charge is 2.38. The zero-order valence-corrected chi connectivity index (χ0v) is 8.83. The Kier molecular flexibility index (Phi) is 4.12. The van der Waals surface area contributed by atoms with E-state index in [9.17, 15) is 17.4 Å². The third-order valence-corrected chi connectivity index (χ3v) is 2.40. The van der Waals surface area contributed by atoms with E-state index in [1.54, 1.807) is 0 Å². The third-order valence-electron chi connectivity index (χ3n) is 1.43. The zero-order chi connectivity index (χ0) is 11.5. The molecule has 0 aliphatic carbocycles. The number of hydrogen-bond acceptors (Lipinski definition) is 2. The van der Waals surface area contributed by atoms with Gasteiger partial charge in [0.2, 0.25) is 0 Å². The molecule has 0 saturated carbocycles. The van der Waals surface area contributed by atoms with Crippen LogP contribution in [0, 0.1) is 0 Å². The van der Waals surface area contributed by atoms with Crippen LogP contribution in [0.15, 0.2) is 24.3 Å². The summed E-state index contributed by atoms with van der Waals surface area (Å²) in [5, 5.41) is 0.468. The molecule has 0 spiro atoms. The molecule has 1 aromatic carbocycles. The molecule has 0 aromatic heterocycles. The maximum absolute atomic E-state index is 11.8. The lowest BCUT2D eigenvalue weighted by Gasteiger charge is -2.06. The summed E-state index contributed by atoms with van der Waals surface area (Å²) in [5.41, 5.74) is -4.37. The summed E-state index contributed by atoms with van der Waals surface area (Å²) in [6.07, 6.45) is 0. The van der Waals surface area contributed by atoms with Gasteiger partial charge in [0.1, 0.15) is 0 Å². The molecule has 1 rings (SSSR count). The molecule has 0 amide bonds. The monoisotopic (exact) mass is 258 g/mol. The summed E-state index contributed by atoms with van der Waals surface area (Å²) in [7, 11) is 0. The van der Waals surface area contributed by atoms with Gasteiger partial charge in [0.05, 0.1) is 6.61 Å². The standard InChI is InChI=1S/C8H6ClF3O2S/c9-7-3-1-6(2-4-7)5-14-15(13)8(10,11)12/h1-4H,5H2. The van der Waals surface area contributed by atoms with Crippen LogP contribution in [0.25, 0.3) is 0 Å². The summed E-state index contributed by atoms with van der Waals surface area (Å²) in [6.45, 7) is -0.372. The second kappa shape index (κ2) is 4.96. The maximum Gasteiger partial charge on any atom is 0.497 e. The number of hydrogen-bond donors (Lipinski definition) is 0. The second-order valence-electron chi connectivity index (χ2n) is 2.57. The van der Waals surface area contributed by atoms with Crippen molar-refractivity contribution in [1.82, 2.24) is 0 Å². The zero-order valence-electron chi connectivity index (χ0n) is 7.25. The van der Waals surface area contributed by atoms with E-state index in [1.807, 2.05) is 0 Å². The lowest BCUT2D eigenvalue weighted by atomic mass is 10.2. The first-order chi connectivity index (χ1) is 6.89. The van der Waals surface area contributed by atoms with Crippen LogP contribution in [0.1, 0.15) is 5.56 Å². The average Bonchev–Trinajstić information content (AvgIpc) is 2.15. The van der Waals surface area contributed by atoms with Crippen molar-refractivity contribution in [1.29, 1.82) is 0 Å². The lowest BCUT2D eigenvalue weighted by Crippen LogP contribution is -2.18. The molecule has 0 N–H and O–H groups in total. The van der Waals surface area contributed by atoms with Crippen molar-refractivity contribution in [2.45, 2.75) is 12.1 Å². The molecule has 0 aliphatic heterocycles. The molecule has 1 atom stereocenters. The molecule has 0 fully saturated rings. The van der Waals surface area contributed by atoms with Gasteiger partial charge in [-0.15, -0.1) is 0 Å². The van der Waals surface area contributed by atoms with Crippen molar-refractivity contribution in [3.63, 3.8) is 0 Å². The van der Waals surface area contributed by atoms with Crippen LogP contribution in [0.2, 0.25) is 5.02 Å². The fraction of sp³-hybridized carbons (Fsp3) is 0.250. The van der Waals surface area contributed by atoms with Crippen molar-refractivity contribution in [2.24, 2.45) is 0 Å². The van der Waals surface area contributed by atoms with Crippen LogP contribution in [-0.2, 0) is 21.9 Å². The van der Waals surface area contributed by atoms with Crippen molar-refractivity contribution in [3.05, 3.63) is 34.9 Å². The summed E-state index contributed by atoms with van der Waals surface area (Å²) >= 11 is 2.29. The largest absolute Gasteiger partial charge is 0.497 e. The van der Waals surface area contributed by atoms with E-state index in [1.165, 1.54) is 24.3 Å². The molecule has 15 heavy (non-hydrogen) atoms. The van der Waals surface area contributed by atoms with Crippen molar-refractivity contribution in [2.75, 3.05) is 0 Å². The summed E-state index contributed by atoms with van der Waals surface area (Å²) < 4.78 is 49.9. The highest BCUT2D eigenvalue weighted by atomic mass is 35.5. The second-order valence-corrected chi connectivity index (χ2v) is 4.17. The first-order valence-electron chi connectivity index (χ1n) is 3.76. The molecule has 7 heteroatoms. The normalized spacial score (nSPS) is 13.9. The topological polar surface area (TPSA) is 26.3 Å². The summed E-state index contributed by atoms with van der Waals surface area (Å²) in [4.78, 5) is 0. The Bertz CT molecular complexity index is 350. The molecule has 0 heterocycles. The van der Waals surface area contributed by atoms with Crippen LogP contribution < -0.4 is 0 Å². The maximum atomic E-state index is 11.8. The Morgan fingerprint density at radius 2 is 1.80 bits per heavy atom. The third kappa shape index (κ3) is 4.19. The Balaban J connectivity index is 2.51. The SMILES string of the molecule is O=S(OCc1ccc(Cl)cc1)C(F)(F)F. The minimum absolute atomic E-state index is 0.372. The van der Waals surface area contributed by atoms with Crippen molar-refractivity contribution < 1.29 is 21.6 Å². The van der Waals surface area contributed by atoms with E-state index >= 15 is 0 Å². The van der Waals surface area contributed by atoms with Crippen LogP contribution in [0.5, 0.6) is 0 Å². The Labute approximate surface area is 91.7 Å². The van der Waals surface area contributed by atoms with Gasteiger partial charge in [0.15, 0.2) is 0 Å². The molecule has 0 aliphatic rings. The summed E-state index contributed by atoms with van der Waals surface area (Å²) in [5.74, 6) is 0. The molecule has 1 aromatic rings. The molecule has 0 saturated heterocycles. The first kappa shape index (κ1) is 12.5. The molecular weight excluding hydrogens is 253 g/mol. The van der Waals surface area contributed by atoms with E-state index in [4.69, 9.17) is 11.6 Å². The van der Waals surface area contributed by atoms with Gasteiger partial charge < -0.3 is 0 Å². The molecular formula is C8H6ClF3O2S. The number of rotatable bonds is 3. The Morgan fingerprint density at radius 3 is 2.27 bits per heavy atom. The molecule has 0 bridgehead atoms. The van der Waals surface area contributed by atoms with E-state index in [2.05, 4.69) is 4.18 Å². The minimum Gasteiger partial charge on any atom is -0.279 e. The lowest BCUT2D eigenvalue weighted by molar-refractivity contribution is -0.0477. The predicted octanol–water partition coefficient (Wildman–Crippen LogP) is 3.04. The van der Waals surface area contributed by atoms with Crippen LogP contribution in [0.4, 0.5) is 13.2 Å². The van der Waals surface area contributed by atoms with Crippen molar-refractivity contribution in [3.8, 4) is 0 Å². The van der Waals surface area contributed by atoms with Gasteiger partial charge in [0, 0.05) is 5.02 Å². The Morgan fingerprint density at radius 1 is 1.27 bits per heavy atom. The fourth-order valence-electron chi connectivity index (χ4n) is 0.769. The van der Waals surface area contributed by atoms with E-state index < -0.39 is 16.6 Å². The number of benzene rings is 1. The smallest absolute Gasteiger partial charge is 0.279 e. The highest BCUT2D eigenvalue weighted by molar-refractivity contribution is 7.81. The van der Waals surface area contributed by atoms with E-state index in [0.717, 1.165) is 0 Å². The molecule has 0 radical (unpaired) electrons. The van der Waals surface area contributed by atoms with E-state index in [0.29, 0.717) is 10.6 Å². The van der Waals surface area contributed by atoms with Crippen molar-refractivity contribution >= 4 is 22.7 Å². The number of halogens is 4. The molecule has 84 valence electrons.